The molecule has 0 amide bonds. The lowest BCUT2D eigenvalue weighted by molar-refractivity contribution is 0.571. The Morgan fingerprint density at radius 3 is 2.67 bits per heavy atom. The van der Waals surface area contributed by atoms with E-state index in [9.17, 15) is 4.79 Å². The van der Waals surface area contributed by atoms with Crippen LogP contribution in [0.1, 0.15) is 5.56 Å². The Kier molecular flexibility index (Phi) is 3.78. The Morgan fingerprint density at radius 1 is 1.17 bits per heavy atom. The van der Waals surface area contributed by atoms with Gasteiger partial charge >= 0.3 is 0 Å². The standard InChI is InChI=1S/C17H20N6O/c1-21-12-19-15-14(16(21)24)23(11-13-5-3-2-4-6-13)17(20-15)22-9-7-18-8-10-22/h2-6,12,18H,7-11H2,1H3. The van der Waals surface area contributed by atoms with E-state index in [2.05, 4.69) is 32.3 Å². The lowest BCUT2D eigenvalue weighted by Gasteiger charge is -2.28. The summed E-state index contributed by atoms with van der Waals surface area (Å²) >= 11 is 0. The summed E-state index contributed by atoms with van der Waals surface area (Å²) in [6.45, 7) is 4.19. The van der Waals surface area contributed by atoms with Crippen molar-refractivity contribution < 1.29 is 0 Å². The molecule has 7 heteroatoms. The van der Waals surface area contributed by atoms with Crippen molar-refractivity contribution in [3.63, 3.8) is 0 Å². The quantitative estimate of drug-likeness (QED) is 0.764. The Bertz CT molecular complexity index is 908. The third-order valence-electron chi connectivity index (χ3n) is 4.39. The van der Waals surface area contributed by atoms with Crippen molar-refractivity contribution in [2.24, 2.45) is 7.05 Å². The molecule has 1 fully saturated rings. The fourth-order valence-corrected chi connectivity index (χ4v) is 3.11. The molecule has 7 nitrogen and oxygen atoms in total. The maximum Gasteiger partial charge on any atom is 0.279 e. The third-order valence-corrected chi connectivity index (χ3v) is 4.39. The second kappa shape index (κ2) is 6.09. The summed E-state index contributed by atoms with van der Waals surface area (Å²) in [7, 11) is 1.72. The Labute approximate surface area is 139 Å². The molecular weight excluding hydrogens is 304 g/mol. The van der Waals surface area contributed by atoms with Gasteiger partial charge in [0.25, 0.3) is 5.56 Å². The highest BCUT2D eigenvalue weighted by Crippen LogP contribution is 2.21. The maximum absolute atomic E-state index is 12.7. The smallest absolute Gasteiger partial charge is 0.279 e. The van der Waals surface area contributed by atoms with E-state index < -0.39 is 0 Å². The number of fused-ring (bicyclic) bond motifs is 1. The number of rotatable bonds is 3. The molecule has 24 heavy (non-hydrogen) atoms. The van der Waals surface area contributed by atoms with Gasteiger partial charge in [-0.15, -0.1) is 0 Å². The van der Waals surface area contributed by atoms with Crippen LogP contribution in [-0.2, 0) is 13.6 Å². The highest BCUT2D eigenvalue weighted by molar-refractivity contribution is 5.74. The molecule has 4 rings (SSSR count). The van der Waals surface area contributed by atoms with Crippen LogP contribution in [-0.4, -0.2) is 45.3 Å². The monoisotopic (exact) mass is 324 g/mol. The number of aromatic nitrogens is 4. The topological polar surface area (TPSA) is 68.0 Å². The number of hydrogen-bond acceptors (Lipinski definition) is 5. The van der Waals surface area contributed by atoms with E-state index in [0.29, 0.717) is 17.7 Å². The van der Waals surface area contributed by atoms with Gasteiger partial charge in [-0.3, -0.25) is 9.36 Å². The third kappa shape index (κ3) is 2.56. The van der Waals surface area contributed by atoms with Gasteiger partial charge in [0.05, 0.1) is 12.9 Å². The van der Waals surface area contributed by atoms with Gasteiger partial charge in [-0.2, -0.15) is 4.98 Å². The van der Waals surface area contributed by atoms with Crippen molar-refractivity contribution in [2.45, 2.75) is 6.54 Å². The normalized spacial score (nSPS) is 15.1. The molecule has 1 N–H and O–H groups in total. The first-order valence-corrected chi connectivity index (χ1v) is 8.15. The molecule has 0 bridgehead atoms. The molecule has 124 valence electrons. The second-order valence-electron chi connectivity index (χ2n) is 6.05. The predicted octanol–water partition coefficient (Wildman–Crippen LogP) is 0.588. The van der Waals surface area contributed by atoms with Crippen LogP contribution in [0.15, 0.2) is 41.5 Å². The first kappa shape index (κ1) is 14.9. The van der Waals surface area contributed by atoms with Crippen molar-refractivity contribution in [2.75, 3.05) is 31.1 Å². The molecule has 3 heterocycles. The zero-order chi connectivity index (χ0) is 16.5. The molecule has 1 aliphatic heterocycles. The molecule has 1 aliphatic rings. The van der Waals surface area contributed by atoms with E-state index in [1.54, 1.807) is 7.05 Å². The van der Waals surface area contributed by atoms with E-state index in [0.717, 1.165) is 37.7 Å². The molecule has 0 unspecified atom stereocenters. The van der Waals surface area contributed by atoms with Gasteiger partial charge in [-0.05, 0) is 5.56 Å². The molecule has 0 spiro atoms. The van der Waals surface area contributed by atoms with Crippen molar-refractivity contribution in [1.82, 2.24) is 24.4 Å². The van der Waals surface area contributed by atoms with Crippen molar-refractivity contribution >= 4 is 17.1 Å². The summed E-state index contributed by atoms with van der Waals surface area (Å²) < 4.78 is 3.51. The van der Waals surface area contributed by atoms with Gasteiger partial charge in [-0.1, -0.05) is 30.3 Å². The number of anilines is 1. The summed E-state index contributed by atoms with van der Waals surface area (Å²) in [6.07, 6.45) is 1.53. The molecule has 1 aromatic carbocycles. The molecule has 0 atom stereocenters. The number of nitrogens with one attached hydrogen (secondary N) is 1. The van der Waals surface area contributed by atoms with E-state index >= 15 is 0 Å². The first-order chi connectivity index (χ1) is 11.7. The number of nitrogens with zero attached hydrogens (tertiary/aromatic N) is 5. The van der Waals surface area contributed by atoms with Crippen molar-refractivity contribution in [1.29, 1.82) is 0 Å². The maximum atomic E-state index is 12.7. The zero-order valence-corrected chi connectivity index (χ0v) is 13.6. The minimum absolute atomic E-state index is 0.0650. The first-order valence-electron chi connectivity index (χ1n) is 8.15. The number of imidazole rings is 1. The van der Waals surface area contributed by atoms with E-state index in [-0.39, 0.29) is 5.56 Å². The number of aryl methyl sites for hydroxylation is 1. The molecule has 0 saturated carbocycles. The van der Waals surface area contributed by atoms with Crippen LogP contribution < -0.4 is 15.8 Å². The van der Waals surface area contributed by atoms with Gasteiger partial charge in [0.1, 0.15) is 0 Å². The average molecular weight is 324 g/mol. The highest BCUT2D eigenvalue weighted by Gasteiger charge is 2.21. The molecule has 0 aliphatic carbocycles. The fraction of sp³-hybridized carbons (Fsp3) is 0.353. The lowest BCUT2D eigenvalue weighted by atomic mass is 10.2. The minimum Gasteiger partial charge on any atom is -0.340 e. The largest absolute Gasteiger partial charge is 0.340 e. The second-order valence-corrected chi connectivity index (χ2v) is 6.05. The Hall–Kier alpha value is -2.67. The summed E-state index contributed by atoms with van der Waals surface area (Å²) in [6, 6.07) is 10.1. The van der Waals surface area contributed by atoms with Crippen molar-refractivity contribution in [3.05, 3.63) is 52.6 Å². The van der Waals surface area contributed by atoms with E-state index in [1.165, 1.54) is 10.9 Å². The fourth-order valence-electron chi connectivity index (χ4n) is 3.11. The highest BCUT2D eigenvalue weighted by atomic mass is 16.1. The molecule has 1 saturated heterocycles. The van der Waals surface area contributed by atoms with Crippen LogP contribution in [0.3, 0.4) is 0 Å². The minimum atomic E-state index is -0.0650. The number of piperazine rings is 1. The summed E-state index contributed by atoms with van der Waals surface area (Å²) in [4.78, 5) is 23.9. The molecule has 3 aromatic rings. The number of benzene rings is 1. The van der Waals surface area contributed by atoms with Gasteiger partial charge in [-0.25, -0.2) is 4.98 Å². The van der Waals surface area contributed by atoms with Crippen LogP contribution >= 0.6 is 0 Å². The van der Waals surface area contributed by atoms with E-state index in [1.807, 2.05) is 22.8 Å². The molecular formula is C17H20N6O. The van der Waals surface area contributed by atoms with Crippen molar-refractivity contribution in [3.8, 4) is 0 Å². The van der Waals surface area contributed by atoms with Crippen LogP contribution in [0.5, 0.6) is 0 Å². The summed E-state index contributed by atoms with van der Waals surface area (Å²) in [5.74, 6) is 0.825. The average Bonchev–Trinajstić information content (AvgIpc) is 2.99. The van der Waals surface area contributed by atoms with Gasteiger partial charge in [0.2, 0.25) is 5.95 Å². The summed E-state index contributed by atoms with van der Waals surface area (Å²) in [5.41, 5.74) is 2.16. The van der Waals surface area contributed by atoms with Crippen LogP contribution in [0.2, 0.25) is 0 Å². The zero-order valence-electron chi connectivity index (χ0n) is 13.6. The number of hydrogen-bond donors (Lipinski definition) is 1. The SMILES string of the molecule is Cn1cnc2nc(N3CCNCC3)n(Cc3ccccc3)c2c1=O. The van der Waals surface area contributed by atoms with Gasteiger partial charge in [0.15, 0.2) is 11.2 Å². The Balaban J connectivity index is 1.89. The van der Waals surface area contributed by atoms with Gasteiger partial charge in [0, 0.05) is 33.2 Å². The Morgan fingerprint density at radius 2 is 1.92 bits per heavy atom. The van der Waals surface area contributed by atoms with Gasteiger partial charge < -0.3 is 14.8 Å². The molecule has 2 aromatic heterocycles. The molecule has 0 radical (unpaired) electrons. The van der Waals surface area contributed by atoms with Crippen LogP contribution in [0.4, 0.5) is 5.95 Å². The summed E-state index contributed by atoms with van der Waals surface area (Å²) in [5, 5.41) is 3.35. The van der Waals surface area contributed by atoms with Crippen LogP contribution in [0.25, 0.3) is 11.2 Å². The lowest BCUT2D eigenvalue weighted by Crippen LogP contribution is -2.44. The van der Waals surface area contributed by atoms with Crippen LogP contribution in [0, 0.1) is 0 Å². The van der Waals surface area contributed by atoms with E-state index in [4.69, 9.17) is 0 Å². The predicted molar refractivity (Wildman–Crippen MR) is 93.4 cm³/mol.